The average Bonchev–Trinajstić information content (AvgIpc) is 2.72. The van der Waals surface area contributed by atoms with Crippen LogP contribution in [0.1, 0.15) is 35.1 Å². The van der Waals surface area contributed by atoms with Crippen LogP contribution in [0, 0.1) is 13.8 Å². The molecule has 0 atom stereocenters. The molecule has 0 radical (unpaired) electrons. The van der Waals surface area contributed by atoms with E-state index in [0.29, 0.717) is 12.1 Å². The molecule has 2 rings (SSSR count). The van der Waals surface area contributed by atoms with Crippen molar-refractivity contribution in [3.8, 4) is 5.69 Å². The van der Waals surface area contributed by atoms with E-state index >= 15 is 0 Å². The van der Waals surface area contributed by atoms with Gasteiger partial charge in [-0.05, 0) is 32.4 Å². The third-order valence-corrected chi connectivity index (χ3v) is 3.05. The molecule has 0 aliphatic heterocycles. The number of nitrogens with zero attached hydrogens (tertiary/aromatic N) is 2. The highest BCUT2D eigenvalue weighted by Gasteiger charge is 2.18. The molecule has 1 heterocycles. The second-order valence-corrected chi connectivity index (χ2v) is 4.55. The second kappa shape index (κ2) is 5.69. The predicted octanol–water partition coefficient (Wildman–Crippen LogP) is 2.63. The van der Waals surface area contributed by atoms with Gasteiger partial charge >= 0.3 is 0 Å². The van der Waals surface area contributed by atoms with E-state index < -0.39 is 0 Å². The maximum Gasteiger partial charge on any atom is 0.255 e. The number of carbonyl (C=O) groups excluding carboxylic acids is 1. The topological polar surface area (TPSA) is 46.9 Å². The Bertz CT molecular complexity index is 573. The number of benzene rings is 1. The minimum absolute atomic E-state index is 0.0426. The average molecular weight is 257 g/mol. The highest BCUT2D eigenvalue weighted by atomic mass is 16.1. The largest absolute Gasteiger partial charge is 0.352 e. The number of aromatic nitrogens is 2. The quantitative estimate of drug-likeness (QED) is 0.915. The number of rotatable bonds is 4. The van der Waals surface area contributed by atoms with Crippen LogP contribution in [0.25, 0.3) is 5.69 Å². The lowest BCUT2D eigenvalue weighted by Gasteiger charge is -2.05. The summed E-state index contributed by atoms with van der Waals surface area (Å²) >= 11 is 0. The van der Waals surface area contributed by atoms with Gasteiger partial charge in [-0.15, -0.1) is 0 Å². The molecule has 1 amide bonds. The number of hydrogen-bond acceptors (Lipinski definition) is 2. The number of amides is 1. The van der Waals surface area contributed by atoms with E-state index in [0.717, 1.165) is 23.5 Å². The zero-order valence-corrected chi connectivity index (χ0v) is 11.6. The Morgan fingerprint density at radius 3 is 2.58 bits per heavy atom. The minimum atomic E-state index is -0.0426. The van der Waals surface area contributed by atoms with Crippen LogP contribution in [-0.2, 0) is 0 Å². The van der Waals surface area contributed by atoms with Crippen molar-refractivity contribution in [2.24, 2.45) is 0 Å². The summed E-state index contributed by atoms with van der Waals surface area (Å²) in [4.78, 5) is 12.1. The second-order valence-electron chi connectivity index (χ2n) is 4.55. The lowest BCUT2D eigenvalue weighted by atomic mass is 10.2. The summed E-state index contributed by atoms with van der Waals surface area (Å²) in [6, 6.07) is 9.84. The van der Waals surface area contributed by atoms with Gasteiger partial charge < -0.3 is 5.32 Å². The summed E-state index contributed by atoms with van der Waals surface area (Å²) in [5.41, 5.74) is 3.28. The van der Waals surface area contributed by atoms with E-state index in [1.54, 1.807) is 0 Å². The maximum atomic E-state index is 12.1. The third-order valence-electron chi connectivity index (χ3n) is 3.05. The molecule has 0 fully saturated rings. The fourth-order valence-corrected chi connectivity index (χ4v) is 2.12. The molecule has 0 bridgehead atoms. The predicted molar refractivity (Wildman–Crippen MR) is 75.7 cm³/mol. The lowest BCUT2D eigenvalue weighted by molar-refractivity contribution is 0.0952. The molecule has 0 unspecified atom stereocenters. The molecule has 0 aliphatic carbocycles. The summed E-state index contributed by atoms with van der Waals surface area (Å²) in [5, 5.41) is 7.37. The van der Waals surface area contributed by atoms with Gasteiger partial charge in [0, 0.05) is 6.54 Å². The fourth-order valence-electron chi connectivity index (χ4n) is 2.12. The number of nitrogens with one attached hydrogen (secondary N) is 1. The number of aryl methyl sites for hydroxylation is 1. The summed E-state index contributed by atoms with van der Waals surface area (Å²) in [6.07, 6.45) is 0.927. The Morgan fingerprint density at radius 2 is 1.95 bits per heavy atom. The zero-order valence-electron chi connectivity index (χ0n) is 11.6. The Balaban J connectivity index is 2.38. The van der Waals surface area contributed by atoms with Gasteiger partial charge in [-0.1, -0.05) is 25.1 Å². The van der Waals surface area contributed by atoms with Gasteiger partial charge in [-0.3, -0.25) is 4.79 Å². The van der Waals surface area contributed by atoms with E-state index in [9.17, 15) is 4.79 Å². The van der Waals surface area contributed by atoms with Crippen LogP contribution < -0.4 is 5.32 Å². The van der Waals surface area contributed by atoms with Crippen LogP contribution in [0.3, 0.4) is 0 Å². The number of hydrogen-bond donors (Lipinski definition) is 1. The van der Waals surface area contributed by atoms with E-state index in [2.05, 4.69) is 10.4 Å². The summed E-state index contributed by atoms with van der Waals surface area (Å²) in [6.45, 7) is 6.52. The van der Waals surface area contributed by atoms with Crippen LogP contribution in [0.15, 0.2) is 30.3 Å². The molecule has 1 aromatic heterocycles. The molecule has 2 aromatic rings. The Hall–Kier alpha value is -2.10. The first-order valence-corrected chi connectivity index (χ1v) is 6.55. The molecule has 0 saturated carbocycles. The molecule has 0 spiro atoms. The summed E-state index contributed by atoms with van der Waals surface area (Å²) < 4.78 is 1.82. The molecular weight excluding hydrogens is 238 g/mol. The van der Waals surface area contributed by atoms with Crippen molar-refractivity contribution in [2.75, 3.05) is 6.54 Å². The molecule has 19 heavy (non-hydrogen) atoms. The van der Waals surface area contributed by atoms with Crippen LogP contribution in [0.5, 0.6) is 0 Å². The van der Waals surface area contributed by atoms with Gasteiger partial charge in [0.25, 0.3) is 5.91 Å². The Morgan fingerprint density at radius 1 is 1.26 bits per heavy atom. The van der Waals surface area contributed by atoms with Crippen molar-refractivity contribution in [3.63, 3.8) is 0 Å². The monoisotopic (exact) mass is 257 g/mol. The first-order chi connectivity index (χ1) is 9.15. The van der Waals surface area contributed by atoms with Crippen LogP contribution in [-0.4, -0.2) is 22.2 Å². The third kappa shape index (κ3) is 2.67. The lowest BCUT2D eigenvalue weighted by Crippen LogP contribution is -2.25. The Kier molecular flexibility index (Phi) is 4.00. The van der Waals surface area contributed by atoms with Gasteiger partial charge in [0.2, 0.25) is 0 Å². The summed E-state index contributed by atoms with van der Waals surface area (Å²) in [7, 11) is 0. The molecule has 4 nitrogen and oxygen atoms in total. The minimum Gasteiger partial charge on any atom is -0.352 e. The van der Waals surface area contributed by atoms with E-state index in [4.69, 9.17) is 0 Å². The van der Waals surface area contributed by atoms with E-state index in [1.165, 1.54) is 0 Å². The van der Waals surface area contributed by atoms with Crippen molar-refractivity contribution in [1.29, 1.82) is 0 Å². The maximum absolute atomic E-state index is 12.1. The highest BCUT2D eigenvalue weighted by molar-refractivity contribution is 5.96. The highest BCUT2D eigenvalue weighted by Crippen LogP contribution is 2.17. The SMILES string of the molecule is CCCNC(=O)c1c(C)nn(-c2ccccc2)c1C. The number of para-hydroxylation sites is 1. The normalized spacial score (nSPS) is 10.5. The smallest absolute Gasteiger partial charge is 0.255 e. The van der Waals surface area contributed by atoms with Gasteiger partial charge in [0.05, 0.1) is 22.6 Å². The Labute approximate surface area is 113 Å². The number of carbonyl (C=O) groups is 1. The molecule has 1 N–H and O–H groups in total. The van der Waals surface area contributed by atoms with Crippen LogP contribution >= 0.6 is 0 Å². The summed E-state index contributed by atoms with van der Waals surface area (Å²) in [5.74, 6) is -0.0426. The first kappa shape index (κ1) is 13.3. The van der Waals surface area contributed by atoms with E-state index in [-0.39, 0.29) is 5.91 Å². The molecule has 0 saturated heterocycles. The van der Waals surface area contributed by atoms with Crippen molar-refractivity contribution in [3.05, 3.63) is 47.3 Å². The van der Waals surface area contributed by atoms with Crippen LogP contribution in [0.4, 0.5) is 0 Å². The molecule has 4 heteroatoms. The van der Waals surface area contributed by atoms with Gasteiger partial charge in [-0.25, -0.2) is 4.68 Å². The van der Waals surface area contributed by atoms with E-state index in [1.807, 2.05) is 55.8 Å². The first-order valence-electron chi connectivity index (χ1n) is 6.55. The van der Waals surface area contributed by atoms with Gasteiger partial charge in [0.15, 0.2) is 0 Å². The van der Waals surface area contributed by atoms with Crippen LogP contribution in [0.2, 0.25) is 0 Å². The van der Waals surface area contributed by atoms with Crippen molar-refractivity contribution >= 4 is 5.91 Å². The standard InChI is InChI=1S/C15H19N3O/c1-4-10-16-15(19)14-11(2)17-18(12(14)3)13-8-6-5-7-9-13/h5-9H,4,10H2,1-3H3,(H,16,19). The zero-order chi connectivity index (χ0) is 13.8. The van der Waals surface area contributed by atoms with Crippen molar-refractivity contribution in [2.45, 2.75) is 27.2 Å². The molecule has 1 aromatic carbocycles. The molecule has 100 valence electrons. The molecular formula is C15H19N3O. The van der Waals surface area contributed by atoms with Gasteiger partial charge in [-0.2, -0.15) is 5.10 Å². The van der Waals surface area contributed by atoms with Gasteiger partial charge in [0.1, 0.15) is 0 Å². The van der Waals surface area contributed by atoms with Crippen molar-refractivity contribution in [1.82, 2.24) is 15.1 Å². The fraction of sp³-hybridized carbons (Fsp3) is 0.333. The molecule has 0 aliphatic rings. The van der Waals surface area contributed by atoms with Crippen molar-refractivity contribution < 1.29 is 4.79 Å².